The van der Waals surface area contributed by atoms with Crippen molar-refractivity contribution in [3.05, 3.63) is 33.7 Å². The predicted molar refractivity (Wildman–Crippen MR) is 69.5 cm³/mol. The first kappa shape index (κ1) is 13.8. The summed E-state index contributed by atoms with van der Waals surface area (Å²) >= 11 is 0. The van der Waals surface area contributed by atoms with Crippen molar-refractivity contribution in [3.63, 3.8) is 0 Å². The third-order valence-corrected chi connectivity index (χ3v) is 3.08. The molecule has 0 radical (unpaired) electrons. The Labute approximate surface area is 111 Å². The SMILES string of the molecule is COCCNCc1cc(C(=O)O)c(=O)n(C2CC2)c1. The smallest absolute Gasteiger partial charge is 0.341 e. The molecule has 2 rings (SSSR count). The van der Waals surface area contributed by atoms with Gasteiger partial charge in [-0.1, -0.05) is 0 Å². The lowest BCUT2D eigenvalue weighted by molar-refractivity contribution is 0.0694. The standard InChI is InChI=1S/C13H18N2O4/c1-19-5-4-14-7-9-6-11(13(17)18)12(16)15(8-9)10-2-3-10/h6,8,10,14H,2-5,7H2,1H3,(H,17,18). The summed E-state index contributed by atoms with van der Waals surface area (Å²) in [5.74, 6) is -1.17. The minimum Gasteiger partial charge on any atom is -0.477 e. The van der Waals surface area contributed by atoms with E-state index in [0.717, 1.165) is 18.4 Å². The topological polar surface area (TPSA) is 80.6 Å². The van der Waals surface area contributed by atoms with Gasteiger partial charge >= 0.3 is 5.97 Å². The van der Waals surface area contributed by atoms with Gasteiger partial charge < -0.3 is 19.7 Å². The molecule has 0 spiro atoms. The van der Waals surface area contributed by atoms with Crippen molar-refractivity contribution in [2.45, 2.75) is 25.4 Å². The second-order valence-electron chi connectivity index (χ2n) is 4.68. The van der Waals surface area contributed by atoms with Crippen molar-refractivity contribution in [2.75, 3.05) is 20.3 Å². The van der Waals surface area contributed by atoms with Crippen LogP contribution in [0, 0.1) is 0 Å². The van der Waals surface area contributed by atoms with Gasteiger partial charge in [-0.3, -0.25) is 4.79 Å². The van der Waals surface area contributed by atoms with E-state index in [0.29, 0.717) is 19.7 Å². The molecular weight excluding hydrogens is 248 g/mol. The second-order valence-corrected chi connectivity index (χ2v) is 4.68. The summed E-state index contributed by atoms with van der Waals surface area (Å²) in [6.07, 6.45) is 3.64. The zero-order valence-electron chi connectivity index (χ0n) is 10.9. The third kappa shape index (κ3) is 3.42. The molecule has 1 fully saturated rings. The van der Waals surface area contributed by atoms with E-state index in [1.165, 1.54) is 6.07 Å². The fourth-order valence-corrected chi connectivity index (χ4v) is 1.94. The van der Waals surface area contributed by atoms with E-state index in [-0.39, 0.29) is 11.6 Å². The molecule has 19 heavy (non-hydrogen) atoms. The van der Waals surface area contributed by atoms with Crippen molar-refractivity contribution in [3.8, 4) is 0 Å². The van der Waals surface area contributed by atoms with Crippen LogP contribution >= 0.6 is 0 Å². The highest BCUT2D eigenvalue weighted by Gasteiger charge is 2.26. The highest BCUT2D eigenvalue weighted by atomic mass is 16.5. The first-order valence-corrected chi connectivity index (χ1v) is 6.31. The van der Waals surface area contributed by atoms with Crippen LogP contribution in [-0.4, -0.2) is 35.9 Å². The van der Waals surface area contributed by atoms with Crippen molar-refractivity contribution in [2.24, 2.45) is 0 Å². The van der Waals surface area contributed by atoms with Crippen molar-refractivity contribution in [1.82, 2.24) is 9.88 Å². The van der Waals surface area contributed by atoms with Crippen LogP contribution in [0.25, 0.3) is 0 Å². The monoisotopic (exact) mass is 266 g/mol. The molecule has 0 aliphatic heterocycles. The van der Waals surface area contributed by atoms with Gasteiger partial charge in [0.2, 0.25) is 0 Å². The number of methoxy groups -OCH3 is 1. The number of hydrogen-bond acceptors (Lipinski definition) is 4. The van der Waals surface area contributed by atoms with Gasteiger partial charge in [0.15, 0.2) is 0 Å². The maximum atomic E-state index is 12.0. The number of hydrogen-bond donors (Lipinski definition) is 2. The molecule has 2 N–H and O–H groups in total. The average Bonchev–Trinajstić information content (AvgIpc) is 3.20. The molecule has 0 bridgehead atoms. The van der Waals surface area contributed by atoms with Gasteiger partial charge in [0.25, 0.3) is 5.56 Å². The van der Waals surface area contributed by atoms with Crippen molar-refractivity contribution >= 4 is 5.97 Å². The van der Waals surface area contributed by atoms with Gasteiger partial charge in [-0.05, 0) is 24.5 Å². The number of rotatable bonds is 7. The number of nitrogens with one attached hydrogen (secondary N) is 1. The lowest BCUT2D eigenvalue weighted by Gasteiger charge is -2.10. The lowest BCUT2D eigenvalue weighted by atomic mass is 10.2. The van der Waals surface area contributed by atoms with E-state index in [9.17, 15) is 9.59 Å². The Bertz CT molecular complexity index is 520. The Morgan fingerprint density at radius 2 is 2.32 bits per heavy atom. The summed E-state index contributed by atoms with van der Waals surface area (Å²) in [6, 6.07) is 1.62. The molecule has 1 aromatic rings. The van der Waals surface area contributed by atoms with Crippen LogP contribution < -0.4 is 10.9 Å². The van der Waals surface area contributed by atoms with Gasteiger partial charge in [-0.25, -0.2) is 4.79 Å². The highest BCUT2D eigenvalue weighted by molar-refractivity contribution is 5.87. The number of nitrogens with zero attached hydrogens (tertiary/aromatic N) is 1. The fraction of sp³-hybridized carbons (Fsp3) is 0.538. The molecule has 104 valence electrons. The largest absolute Gasteiger partial charge is 0.477 e. The van der Waals surface area contributed by atoms with Crippen LogP contribution in [0.3, 0.4) is 0 Å². The maximum absolute atomic E-state index is 12.0. The number of carboxylic acids is 1. The average molecular weight is 266 g/mol. The number of carbonyl (C=O) groups is 1. The minimum atomic E-state index is -1.17. The van der Waals surface area contributed by atoms with E-state index in [1.807, 2.05) is 0 Å². The summed E-state index contributed by atoms with van der Waals surface area (Å²) in [7, 11) is 1.62. The highest BCUT2D eigenvalue weighted by Crippen LogP contribution is 2.33. The molecule has 1 heterocycles. The first-order valence-electron chi connectivity index (χ1n) is 6.31. The molecule has 0 aromatic carbocycles. The normalized spacial score (nSPS) is 14.6. The van der Waals surface area contributed by atoms with E-state index in [4.69, 9.17) is 9.84 Å². The van der Waals surface area contributed by atoms with E-state index < -0.39 is 11.5 Å². The van der Waals surface area contributed by atoms with Crippen LogP contribution in [0.15, 0.2) is 17.1 Å². The van der Waals surface area contributed by atoms with Gasteiger partial charge in [0, 0.05) is 32.4 Å². The molecule has 0 saturated heterocycles. The van der Waals surface area contributed by atoms with E-state index in [1.54, 1.807) is 17.9 Å². The number of ether oxygens (including phenoxy) is 1. The Hall–Kier alpha value is -1.66. The van der Waals surface area contributed by atoms with Crippen LogP contribution in [0.5, 0.6) is 0 Å². The summed E-state index contributed by atoms with van der Waals surface area (Å²) < 4.78 is 6.47. The maximum Gasteiger partial charge on any atom is 0.341 e. The van der Waals surface area contributed by atoms with E-state index in [2.05, 4.69) is 5.32 Å². The summed E-state index contributed by atoms with van der Waals surface area (Å²) in [4.78, 5) is 23.1. The molecule has 1 aliphatic carbocycles. The quantitative estimate of drug-likeness (QED) is 0.707. The van der Waals surface area contributed by atoms with Gasteiger partial charge in [-0.2, -0.15) is 0 Å². The third-order valence-electron chi connectivity index (χ3n) is 3.08. The van der Waals surface area contributed by atoms with Gasteiger partial charge in [0.1, 0.15) is 5.56 Å². The van der Waals surface area contributed by atoms with Crippen molar-refractivity contribution in [1.29, 1.82) is 0 Å². The molecule has 6 nitrogen and oxygen atoms in total. The molecule has 1 aromatic heterocycles. The molecule has 1 aliphatic rings. The zero-order chi connectivity index (χ0) is 13.8. The Morgan fingerprint density at radius 1 is 1.58 bits per heavy atom. The summed E-state index contributed by atoms with van der Waals surface area (Å²) in [5, 5.41) is 12.2. The molecule has 6 heteroatoms. The minimum absolute atomic E-state index is 0.155. The summed E-state index contributed by atoms with van der Waals surface area (Å²) in [6.45, 7) is 1.80. The molecule has 0 unspecified atom stereocenters. The summed E-state index contributed by atoms with van der Waals surface area (Å²) in [5.41, 5.74) is 0.244. The van der Waals surface area contributed by atoms with E-state index >= 15 is 0 Å². The molecule has 1 saturated carbocycles. The Kier molecular flexibility index (Phi) is 4.34. The predicted octanol–water partition coefficient (Wildman–Crippen LogP) is 0.617. The zero-order valence-corrected chi connectivity index (χ0v) is 10.9. The first-order chi connectivity index (χ1) is 9.13. The van der Waals surface area contributed by atoms with Gasteiger partial charge in [0.05, 0.1) is 6.61 Å². The van der Waals surface area contributed by atoms with Crippen LogP contribution in [0.2, 0.25) is 0 Å². The van der Waals surface area contributed by atoms with Gasteiger partial charge in [-0.15, -0.1) is 0 Å². The molecule has 0 atom stereocenters. The van der Waals surface area contributed by atoms with Crippen LogP contribution in [0.4, 0.5) is 0 Å². The van der Waals surface area contributed by atoms with Crippen LogP contribution in [-0.2, 0) is 11.3 Å². The number of aromatic nitrogens is 1. The molecular formula is C13H18N2O4. The fourth-order valence-electron chi connectivity index (χ4n) is 1.94. The lowest BCUT2D eigenvalue weighted by Crippen LogP contribution is -2.27. The Balaban J connectivity index is 2.18. The Morgan fingerprint density at radius 3 is 2.89 bits per heavy atom. The van der Waals surface area contributed by atoms with Crippen LogP contribution in [0.1, 0.15) is 34.8 Å². The van der Waals surface area contributed by atoms with Crippen molar-refractivity contribution < 1.29 is 14.6 Å². The number of carboxylic acid groups (broad SMARTS) is 1. The number of pyridine rings is 1. The second kappa shape index (κ2) is 5.99. The molecule has 0 amide bonds. The number of aromatic carboxylic acids is 1.